The Morgan fingerprint density at radius 2 is 1.64 bits per heavy atom. The Morgan fingerprint density at radius 1 is 1.06 bits per heavy atom. The summed E-state index contributed by atoms with van der Waals surface area (Å²) in [7, 11) is 3.03. The lowest BCUT2D eigenvalue weighted by atomic mass is 9.80. The van der Waals surface area contributed by atoms with Crippen LogP contribution in [0.3, 0.4) is 0 Å². The van der Waals surface area contributed by atoms with Crippen LogP contribution in [0, 0.1) is 0 Å². The average molecular weight is 454 g/mol. The summed E-state index contributed by atoms with van der Waals surface area (Å²) in [5, 5.41) is 15.9. The van der Waals surface area contributed by atoms with Crippen molar-refractivity contribution in [2.45, 2.75) is 38.1 Å². The second-order valence-electron chi connectivity index (χ2n) is 7.88. The van der Waals surface area contributed by atoms with E-state index in [1.54, 1.807) is 12.2 Å². The molecule has 0 radical (unpaired) electrons. The fraction of sp³-hybridized carbons (Fsp3) is 0.320. The predicted octanol–water partition coefficient (Wildman–Crippen LogP) is 2.97. The van der Waals surface area contributed by atoms with Crippen molar-refractivity contribution < 1.29 is 24.2 Å². The van der Waals surface area contributed by atoms with Gasteiger partial charge in [0.25, 0.3) is 0 Å². The fourth-order valence-electron chi connectivity index (χ4n) is 3.31. The highest BCUT2D eigenvalue weighted by atomic mass is 16.5. The molecule has 8 heteroatoms. The number of alkyl carbamates (subject to hydrolysis) is 1. The molecule has 0 aromatic heterocycles. The van der Waals surface area contributed by atoms with E-state index in [9.17, 15) is 19.5 Å². The number of hydrogen-bond donors (Lipinski definition) is 3. The molecule has 3 amide bonds. The van der Waals surface area contributed by atoms with Gasteiger partial charge in [0, 0.05) is 14.1 Å². The maximum Gasteiger partial charge on any atom is 0.408 e. The summed E-state index contributed by atoms with van der Waals surface area (Å²) < 4.78 is 5.32. The van der Waals surface area contributed by atoms with Gasteiger partial charge in [-0.1, -0.05) is 72.8 Å². The van der Waals surface area contributed by atoms with Crippen LogP contribution in [-0.4, -0.2) is 59.7 Å². The van der Waals surface area contributed by atoms with Crippen molar-refractivity contribution in [3.05, 3.63) is 77.9 Å². The van der Waals surface area contributed by atoms with Crippen LogP contribution >= 0.6 is 0 Å². The van der Waals surface area contributed by atoms with Crippen molar-refractivity contribution in [3.8, 4) is 0 Å². The largest absolute Gasteiger partial charge is 0.445 e. The number of Topliss-reactive ketones (excluding diaryl/α,β-unsaturated/α-hetero) is 1. The van der Waals surface area contributed by atoms with Crippen molar-refractivity contribution >= 4 is 24.0 Å². The first-order valence-electron chi connectivity index (χ1n) is 10.6. The number of carbonyl (C=O) groups excluding carboxylic acids is 3. The van der Waals surface area contributed by atoms with Crippen LogP contribution in [0.15, 0.2) is 66.7 Å². The van der Waals surface area contributed by atoms with Crippen LogP contribution in [0.25, 0.3) is 6.08 Å². The van der Waals surface area contributed by atoms with Gasteiger partial charge in [-0.2, -0.15) is 0 Å². The molecule has 176 valence electrons. The van der Waals surface area contributed by atoms with Crippen LogP contribution < -0.4 is 10.6 Å². The zero-order valence-corrected chi connectivity index (χ0v) is 19.3. The van der Waals surface area contributed by atoms with E-state index < -0.39 is 35.6 Å². The van der Waals surface area contributed by atoms with Gasteiger partial charge in [0.2, 0.25) is 0 Å². The Morgan fingerprint density at radius 3 is 2.15 bits per heavy atom. The number of aliphatic hydroxyl groups is 1. The third-order valence-electron chi connectivity index (χ3n) is 5.22. The lowest BCUT2D eigenvalue weighted by molar-refractivity contribution is -0.128. The zero-order valence-electron chi connectivity index (χ0n) is 19.3. The van der Waals surface area contributed by atoms with Gasteiger partial charge in [-0.25, -0.2) is 9.59 Å². The van der Waals surface area contributed by atoms with E-state index in [1.807, 2.05) is 60.7 Å². The van der Waals surface area contributed by atoms with E-state index >= 15 is 0 Å². The summed E-state index contributed by atoms with van der Waals surface area (Å²) in [6, 6.07) is 16.7. The molecular formula is C25H31N3O5. The van der Waals surface area contributed by atoms with Crippen LogP contribution in [0.1, 0.15) is 25.0 Å². The quantitative estimate of drug-likeness (QED) is 0.541. The highest BCUT2D eigenvalue weighted by molar-refractivity contribution is 5.93. The Balaban J connectivity index is 2.38. The third kappa shape index (κ3) is 6.92. The fourth-order valence-corrected chi connectivity index (χ4v) is 3.31. The second kappa shape index (κ2) is 11.8. The molecule has 2 aromatic carbocycles. The number of hydrogen-bond acceptors (Lipinski definition) is 5. The van der Waals surface area contributed by atoms with Crippen LogP contribution in [-0.2, 0) is 16.1 Å². The monoisotopic (exact) mass is 453 g/mol. The molecule has 0 aliphatic carbocycles. The molecular weight excluding hydrogens is 422 g/mol. The van der Waals surface area contributed by atoms with Crippen molar-refractivity contribution in [3.63, 3.8) is 0 Å². The van der Waals surface area contributed by atoms with Crippen molar-refractivity contribution in [1.82, 2.24) is 15.5 Å². The highest BCUT2D eigenvalue weighted by Crippen LogP contribution is 2.21. The molecule has 8 nitrogen and oxygen atoms in total. The number of aliphatic hydroxyl groups excluding tert-OH is 1. The Hall–Kier alpha value is -3.65. The molecule has 0 fully saturated rings. The Bertz CT molecular complexity index is 961. The summed E-state index contributed by atoms with van der Waals surface area (Å²) in [6.07, 6.45) is 1.12. The van der Waals surface area contributed by atoms with Crippen molar-refractivity contribution in [2.24, 2.45) is 0 Å². The molecule has 0 aliphatic heterocycles. The predicted molar refractivity (Wildman–Crippen MR) is 126 cm³/mol. The maximum absolute atomic E-state index is 12.9. The molecule has 0 aliphatic rings. The summed E-state index contributed by atoms with van der Waals surface area (Å²) in [5.41, 5.74) is -0.236. The molecule has 0 saturated carbocycles. The molecule has 3 atom stereocenters. The van der Waals surface area contributed by atoms with E-state index in [0.717, 1.165) is 11.1 Å². The van der Waals surface area contributed by atoms with Crippen LogP contribution in [0.2, 0.25) is 0 Å². The van der Waals surface area contributed by atoms with Gasteiger partial charge < -0.3 is 25.4 Å². The number of ether oxygens (including phenoxy) is 1. The van der Waals surface area contributed by atoms with E-state index in [4.69, 9.17) is 4.74 Å². The van der Waals surface area contributed by atoms with E-state index in [-0.39, 0.29) is 6.61 Å². The summed E-state index contributed by atoms with van der Waals surface area (Å²) in [4.78, 5) is 39.3. The molecule has 0 heterocycles. The first kappa shape index (κ1) is 25.6. The number of carbonyl (C=O) groups is 3. The summed E-state index contributed by atoms with van der Waals surface area (Å²) in [5.74, 6) is -0.529. The molecule has 2 aromatic rings. The zero-order chi connectivity index (χ0) is 24.4. The second-order valence-corrected chi connectivity index (χ2v) is 7.88. The molecule has 0 saturated heterocycles. The van der Waals surface area contributed by atoms with E-state index in [2.05, 4.69) is 10.6 Å². The maximum atomic E-state index is 12.9. The van der Waals surface area contributed by atoms with Gasteiger partial charge in [0.05, 0.1) is 12.1 Å². The number of urea groups is 1. The summed E-state index contributed by atoms with van der Waals surface area (Å²) >= 11 is 0. The van der Waals surface area contributed by atoms with Gasteiger partial charge in [-0.3, -0.25) is 4.79 Å². The number of ketones is 1. The van der Waals surface area contributed by atoms with E-state index in [0.29, 0.717) is 0 Å². The van der Waals surface area contributed by atoms with Crippen LogP contribution in [0.5, 0.6) is 0 Å². The van der Waals surface area contributed by atoms with Gasteiger partial charge in [-0.05, 0) is 25.0 Å². The van der Waals surface area contributed by atoms with Gasteiger partial charge in [-0.15, -0.1) is 0 Å². The van der Waals surface area contributed by atoms with Crippen LogP contribution in [0.4, 0.5) is 9.59 Å². The number of amides is 3. The molecule has 2 rings (SSSR count). The molecule has 0 bridgehead atoms. The first-order valence-corrected chi connectivity index (χ1v) is 10.6. The highest BCUT2D eigenvalue weighted by Gasteiger charge is 2.49. The van der Waals surface area contributed by atoms with Crippen molar-refractivity contribution in [2.75, 3.05) is 14.1 Å². The topological polar surface area (TPSA) is 108 Å². The van der Waals surface area contributed by atoms with Gasteiger partial charge in [0.1, 0.15) is 12.1 Å². The smallest absolute Gasteiger partial charge is 0.408 e. The van der Waals surface area contributed by atoms with Gasteiger partial charge in [0.15, 0.2) is 5.78 Å². The number of nitrogens with one attached hydrogen (secondary N) is 2. The van der Waals surface area contributed by atoms with Gasteiger partial charge >= 0.3 is 12.1 Å². The lowest BCUT2D eigenvalue weighted by Gasteiger charge is -2.41. The standard InChI is InChI=1S/C25H31N3O5/c1-18(29)25(19(2)30,27-23(31)28(3)4)22(16-15-20-11-7-5-8-12-20)26-24(32)33-17-21-13-9-6-10-14-21/h5-16,18,22,29H,17H2,1-4H3,(H,26,32)(H,27,31)/t18-,22+,25+/m0/s1. The molecule has 0 unspecified atom stereocenters. The Labute approximate surface area is 194 Å². The minimum absolute atomic E-state index is 0.0214. The summed E-state index contributed by atoms with van der Waals surface area (Å²) in [6.45, 7) is 2.66. The van der Waals surface area contributed by atoms with Crippen molar-refractivity contribution in [1.29, 1.82) is 0 Å². The number of benzene rings is 2. The lowest BCUT2D eigenvalue weighted by Crippen LogP contribution is -2.71. The SMILES string of the molecule is CC(=O)[C@](NC(=O)N(C)C)([C@H](C)O)[C@@H](C=Cc1ccccc1)NC(=O)OCc1ccccc1. The average Bonchev–Trinajstić information content (AvgIpc) is 2.79. The first-order chi connectivity index (χ1) is 15.7. The minimum Gasteiger partial charge on any atom is -0.445 e. The normalized spacial score (nSPS) is 14.6. The molecule has 0 spiro atoms. The minimum atomic E-state index is -1.83. The number of nitrogens with zero attached hydrogens (tertiary/aromatic N) is 1. The molecule has 33 heavy (non-hydrogen) atoms. The third-order valence-corrected chi connectivity index (χ3v) is 5.22. The number of rotatable bonds is 9. The Kier molecular flexibility index (Phi) is 9.18. The van der Waals surface area contributed by atoms with E-state index in [1.165, 1.54) is 32.8 Å². The molecule has 3 N–H and O–H groups in total.